The van der Waals surface area contributed by atoms with Crippen molar-refractivity contribution in [1.82, 2.24) is 10.0 Å². The largest absolute Gasteiger partial charge is 0.478 e. The van der Waals surface area contributed by atoms with Crippen LogP contribution in [0.4, 0.5) is 0 Å². The van der Waals surface area contributed by atoms with Crippen LogP contribution in [0.5, 0.6) is 0 Å². The summed E-state index contributed by atoms with van der Waals surface area (Å²) in [6.45, 7) is 4.38. The van der Waals surface area contributed by atoms with Gasteiger partial charge in [-0.2, -0.15) is 0 Å². The highest BCUT2D eigenvalue weighted by atomic mass is 32.2. The first kappa shape index (κ1) is 15.0. The number of carboxylic acid groups (broad SMARTS) is 1. The Hall–Kier alpha value is -1.38. The van der Waals surface area contributed by atoms with Crippen molar-refractivity contribution in [1.29, 1.82) is 0 Å². The van der Waals surface area contributed by atoms with Gasteiger partial charge in [-0.3, -0.25) is 0 Å². The average Bonchev–Trinajstić information content (AvgIpc) is 2.65. The molecule has 0 spiro atoms. The molecule has 2 rings (SSSR count). The number of sulfonamides is 1. The van der Waals surface area contributed by atoms with Crippen molar-refractivity contribution in [3.8, 4) is 0 Å². The van der Waals surface area contributed by atoms with Gasteiger partial charge in [0.1, 0.15) is 22.0 Å². The third-order valence-electron chi connectivity index (χ3n) is 3.35. The summed E-state index contributed by atoms with van der Waals surface area (Å²) in [6, 6.07) is -0.183. The number of nitrogens with one attached hydrogen (secondary N) is 2. The quantitative estimate of drug-likeness (QED) is 0.752. The number of rotatable bonds is 4. The summed E-state index contributed by atoms with van der Waals surface area (Å²) in [7, 11) is -3.90. The van der Waals surface area contributed by atoms with Crippen LogP contribution in [-0.2, 0) is 10.0 Å². The number of hydrogen-bond donors (Lipinski definition) is 3. The summed E-state index contributed by atoms with van der Waals surface area (Å²) in [5.74, 6) is -1.10. The van der Waals surface area contributed by atoms with Gasteiger partial charge in [0.15, 0.2) is 0 Å². The molecule has 0 aliphatic carbocycles. The molecule has 0 amide bonds. The Bertz CT molecular complexity index is 614. The minimum atomic E-state index is -3.90. The molecule has 1 fully saturated rings. The molecule has 20 heavy (non-hydrogen) atoms. The van der Waals surface area contributed by atoms with Gasteiger partial charge in [-0.1, -0.05) is 0 Å². The molecule has 0 aromatic carbocycles. The predicted octanol–water partition coefficient (Wildman–Crippen LogP) is 0.625. The molecule has 0 saturated carbocycles. The lowest BCUT2D eigenvalue weighted by atomic mass is 10.1. The van der Waals surface area contributed by atoms with Crippen molar-refractivity contribution in [3.05, 3.63) is 17.1 Å². The highest BCUT2D eigenvalue weighted by Crippen LogP contribution is 2.27. The van der Waals surface area contributed by atoms with Crippen LogP contribution in [0.1, 0.15) is 34.7 Å². The van der Waals surface area contributed by atoms with Crippen molar-refractivity contribution in [3.63, 3.8) is 0 Å². The number of aryl methyl sites for hydroxylation is 2. The number of carboxylic acids is 1. The normalized spacial score (nSPS) is 17.3. The van der Waals surface area contributed by atoms with Crippen LogP contribution in [0, 0.1) is 13.8 Å². The Balaban J connectivity index is 2.36. The third-order valence-corrected chi connectivity index (χ3v) is 5.02. The fourth-order valence-electron chi connectivity index (χ4n) is 2.45. The lowest BCUT2D eigenvalue weighted by molar-refractivity contribution is 0.0691. The third kappa shape index (κ3) is 2.87. The van der Waals surface area contributed by atoms with Crippen LogP contribution < -0.4 is 10.0 Å². The number of carbonyl (C=O) groups is 1. The van der Waals surface area contributed by atoms with Gasteiger partial charge in [0, 0.05) is 6.04 Å². The molecule has 0 atom stereocenters. The Morgan fingerprint density at radius 2 is 1.90 bits per heavy atom. The highest BCUT2D eigenvalue weighted by Gasteiger charge is 2.32. The molecular weight excluding hydrogens is 284 g/mol. The molecule has 1 aromatic heterocycles. The number of furan rings is 1. The van der Waals surface area contributed by atoms with Crippen LogP contribution in [0.2, 0.25) is 0 Å². The maximum atomic E-state index is 12.4. The molecule has 1 aliphatic heterocycles. The van der Waals surface area contributed by atoms with Crippen LogP contribution in [0.3, 0.4) is 0 Å². The number of piperidine rings is 1. The van der Waals surface area contributed by atoms with Gasteiger partial charge in [-0.25, -0.2) is 17.9 Å². The molecule has 0 unspecified atom stereocenters. The van der Waals surface area contributed by atoms with Crippen LogP contribution in [-0.4, -0.2) is 38.6 Å². The van der Waals surface area contributed by atoms with Gasteiger partial charge in [-0.15, -0.1) is 0 Å². The number of hydrogen-bond acceptors (Lipinski definition) is 5. The molecular formula is C12H18N2O5S. The van der Waals surface area contributed by atoms with E-state index in [2.05, 4.69) is 10.0 Å². The molecule has 1 aromatic rings. The van der Waals surface area contributed by atoms with E-state index in [0.717, 1.165) is 13.1 Å². The van der Waals surface area contributed by atoms with Crippen LogP contribution in [0.15, 0.2) is 9.31 Å². The second kappa shape index (κ2) is 5.55. The molecule has 0 radical (unpaired) electrons. The second-order valence-corrected chi connectivity index (χ2v) is 6.52. The van der Waals surface area contributed by atoms with E-state index in [9.17, 15) is 13.2 Å². The molecule has 2 heterocycles. The minimum absolute atomic E-state index is 0.0979. The SMILES string of the molecule is Cc1oc(C)c(S(=O)(=O)NC2CCNCC2)c1C(=O)O. The average molecular weight is 302 g/mol. The van der Waals surface area contributed by atoms with Crippen molar-refractivity contribution in [2.45, 2.75) is 37.6 Å². The summed E-state index contributed by atoms with van der Waals surface area (Å²) in [5, 5.41) is 12.3. The zero-order valence-electron chi connectivity index (χ0n) is 11.4. The molecule has 1 aliphatic rings. The summed E-state index contributed by atoms with van der Waals surface area (Å²) in [5.41, 5.74) is -0.288. The Morgan fingerprint density at radius 1 is 1.30 bits per heavy atom. The molecule has 8 heteroatoms. The first-order chi connectivity index (χ1) is 9.33. The maximum Gasteiger partial charge on any atom is 0.340 e. The first-order valence-electron chi connectivity index (χ1n) is 6.39. The van der Waals surface area contributed by atoms with Crippen LogP contribution >= 0.6 is 0 Å². The van der Waals surface area contributed by atoms with E-state index in [1.807, 2.05) is 0 Å². The molecule has 112 valence electrons. The van der Waals surface area contributed by atoms with Gasteiger partial charge >= 0.3 is 5.97 Å². The fourth-order valence-corrected chi connectivity index (χ4v) is 4.16. The van der Waals surface area contributed by atoms with E-state index in [1.165, 1.54) is 13.8 Å². The second-order valence-electron chi connectivity index (χ2n) is 4.87. The van der Waals surface area contributed by atoms with Crippen molar-refractivity contribution >= 4 is 16.0 Å². The smallest absolute Gasteiger partial charge is 0.340 e. The topological polar surface area (TPSA) is 109 Å². The zero-order chi connectivity index (χ0) is 14.9. The van der Waals surface area contributed by atoms with Crippen molar-refractivity contribution in [2.75, 3.05) is 13.1 Å². The lowest BCUT2D eigenvalue weighted by Gasteiger charge is -2.23. The van der Waals surface area contributed by atoms with E-state index >= 15 is 0 Å². The Morgan fingerprint density at radius 3 is 2.45 bits per heavy atom. The molecule has 7 nitrogen and oxygen atoms in total. The number of aromatic carboxylic acids is 1. The maximum absolute atomic E-state index is 12.4. The summed E-state index contributed by atoms with van der Waals surface area (Å²) < 4.78 is 32.5. The van der Waals surface area contributed by atoms with Gasteiger partial charge in [-0.05, 0) is 39.8 Å². The standard InChI is InChI=1S/C12H18N2O5S/c1-7-10(12(15)16)11(8(2)19-7)20(17,18)14-9-3-5-13-6-4-9/h9,13-14H,3-6H2,1-2H3,(H,15,16). The van der Waals surface area contributed by atoms with Crippen molar-refractivity contribution in [2.24, 2.45) is 0 Å². The Labute approximate surface area is 117 Å². The van der Waals surface area contributed by atoms with Crippen LogP contribution in [0.25, 0.3) is 0 Å². The van der Waals surface area contributed by atoms with Gasteiger partial charge in [0.05, 0.1) is 0 Å². The fraction of sp³-hybridized carbons (Fsp3) is 0.583. The lowest BCUT2D eigenvalue weighted by Crippen LogP contribution is -2.43. The molecule has 3 N–H and O–H groups in total. The first-order valence-corrected chi connectivity index (χ1v) is 7.87. The van der Waals surface area contributed by atoms with Gasteiger partial charge < -0.3 is 14.8 Å². The summed E-state index contributed by atoms with van der Waals surface area (Å²) >= 11 is 0. The summed E-state index contributed by atoms with van der Waals surface area (Å²) in [6.07, 6.45) is 1.36. The summed E-state index contributed by atoms with van der Waals surface area (Å²) in [4.78, 5) is 11.0. The van der Waals surface area contributed by atoms with E-state index < -0.39 is 16.0 Å². The van der Waals surface area contributed by atoms with Gasteiger partial charge in [0.2, 0.25) is 10.0 Å². The Kier molecular flexibility index (Phi) is 4.17. The van der Waals surface area contributed by atoms with Gasteiger partial charge in [0.25, 0.3) is 0 Å². The highest BCUT2D eigenvalue weighted by molar-refractivity contribution is 7.89. The van der Waals surface area contributed by atoms with E-state index in [-0.39, 0.29) is 28.0 Å². The monoisotopic (exact) mass is 302 g/mol. The minimum Gasteiger partial charge on any atom is -0.478 e. The predicted molar refractivity (Wildman–Crippen MR) is 71.4 cm³/mol. The molecule has 1 saturated heterocycles. The van der Waals surface area contributed by atoms with Crippen molar-refractivity contribution < 1.29 is 22.7 Å². The van der Waals surface area contributed by atoms with E-state index in [0.29, 0.717) is 12.8 Å². The zero-order valence-corrected chi connectivity index (χ0v) is 12.2. The van der Waals surface area contributed by atoms with E-state index in [1.54, 1.807) is 0 Å². The van der Waals surface area contributed by atoms with E-state index in [4.69, 9.17) is 9.52 Å². The molecule has 0 bridgehead atoms.